The van der Waals surface area contributed by atoms with Crippen LogP contribution in [0.15, 0.2) is 24.3 Å². The summed E-state index contributed by atoms with van der Waals surface area (Å²) >= 11 is 0. The lowest BCUT2D eigenvalue weighted by molar-refractivity contribution is 0.810. The smallest absolute Gasteiger partial charge is 0.0355 e. The number of rotatable bonds is 3. The molecule has 0 unspecified atom stereocenters. The van der Waals surface area contributed by atoms with Crippen molar-refractivity contribution in [2.75, 3.05) is 5.73 Å². The van der Waals surface area contributed by atoms with E-state index in [-0.39, 0.29) is 0 Å². The van der Waals surface area contributed by atoms with Crippen molar-refractivity contribution in [3.05, 3.63) is 29.8 Å². The lowest BCUT2D eigenvalue weighted by atomic mass is 10.2. The lowest BCUT2D eigenvalue weighted by Gasteiger charge is -2.16. The van der Waals surface area contributed by atoms with Crippen LogP contribution in [-0.4, -0.2) is 4.75 Å². The third-order valence-corrected chi connectivity index (χ3v) is 4.83. The molecule has 1 nitrogen and oxygen atoms in total. The van der Waals surface area contributed by atoms with Crippen LogP contribution in [0.1, 0.15) is 26.3 Å². The van der Waals surface area contributed by atoms with Crippen LogP contribution in [0.3, 0.4) is 0 Å². The largest absolute Gasteiger partial charge is 0.398 e. The number of anilines is 1. The summed E-state index contributed by atoms with van der Waals surface area (Å²) in [7, 11) is 3.76. The van der Waals surface area contributed by atoms with Gasteiger partial charge in [0.1, 0.15) is 0 Å². The van der Waals surface area contributed by atoms with Gasteiger partial charge in [-0.3, -0.25) is 0 Å². The van der Waals surface area contributed by atoms with E-state index in [1.54, 1.807) is 0 Å². The van der Waals surface area contributed by atoms with Crippen LogP contribution >= 0.6 is 21.6 Å². The Morgan fingerprint density at radius 2 is 1.86 bits per heavy atom. The van der Waals surface area contributed by atoms with E-state index < -0.39 is 0 Å². The molecular formula is C11H17NS2. The summed E-state index contributed by atoms with van der Waals surface area (Å²) in [5.41, 5.74) is 7.98. The Morgan fingerprint density at radius 3 is 2.43 bits per heavy atom. The van der Waals surface area contributed by atoms with Gasteiger partial charge in [-0.25, -0.2) is 0 Å². The van der Waals surface area contributed by atoms with Gasteiger partial charge < -0.3 is 5.73 Å². The van der Waals surface area contributed by atoms with Crippen LogP contribution < -0.4 is 5.73 Å². The predicted molar refractivity (Wildman–Crippen MR) is 69.5 cm³/mol. The zero-order chi connectivity index (χ0) is 10.6. The minimum atomic E-state index is 0.314. The van der Waals surface area contributed by atoms with E-state index in [9.17, 15) is 0 Å². The SMILES string of the molecule is CC(C)(C)SSCc1ccccc1N. The van der Waals surface area contributed by atoms with Gasteiger partial charge in [0.2, 0.25) is 0 Å². The van der Waals surface area contributed by atoms with Gasteiger partial charge in [-0.2, -0.15) is 0 Å². The monoisotopic (exact) mass is 227 g/mol. The van der Waals surface area contributed by atoms with Crippen molar-refractivity contribution < 1.29 is 0 Å². The summed E-state index contributed by atoms with van der Waals surface area (Å²) in [5.74, 6) is 0.981. The van der Waals surface area contributed by atoms with Gasteiger partial charge in [-0.05, 0) is 11.6 Å². The van der Waals surface area contributed by atoms with Crippen molar-refractivity contribution in [2.24, 2.45) is 0 Å². The second kappa shape index (κ2) is 4.99. The molecular weight excluding hydrogens is 210 g/mol. The highest BCUT2D eigenvalue weighted by Crippen LogP contribution is 2.37. The van der Waals surface area contributed by atoms with Crippen molar-refractivity contribution in [3.8, 4) is 0 Å². The molecule has 78 valence electrons. The summed E-state index contributed by atoms with van der Waals surface area (Å²) in [6.45, 7) is 6.66. The van der Waals surface area contributed by atoms with Crippen LogP contribution in [0.2, 0.25) is 0 Å². The highest BCUT2D eigenvalue weighted by atomic mass is 33.1. The van der Waals surface area contributed by atoms with Gasteiger partial charge in [-0.1, -0.05) is 60.6 Å². The van der Waals surface area contributed by atoms with Crippen molar-refractivity contribution in [1.29, 1.82) is 0 Å². The quantitative estimate of drug-likeness (QED) is 0.625. The molecule has 3 heteroatoms. The molecule has 0 heterocycles. The highest BCUT2D eigenvalue weighted by molar-refractivity contribution is 8.76. The van der Waals surface area contributed by atoms with E-state index in [4.69, 9.17) is 5.73 Å². The molecule has 0 fully saturated rings. The highest BCUT2D eigenvalue weighted by Gasteiger charge is 2.11. The molecule has 0 atom stereocenters. The zero-order valence-electron chi connectivity index (χ0n) is 8.91. The Kier molecular flexibility index (Phi) is 4.20. The Morgan fingerprint density at radius 1 is 1.21 bits per heavy atom. The second-order valence-electron chi connectivity index (χ2n) is 4.16. The van der Waals surface area contributed by atoms with Gasteiger partial charge in [0, 0.05) is 16.2 Å². The number of benzene rings is 1. The van der Waals surface area contributed by atoms with Crippen LogP contribution in [0.25, 0.3) is 0 Å². The first-order valence-corrected chi connectivity index (χ1v) is 6.95. The molecule has 0 aliphatic carbocycles. The lowest BCUT2D eigenvalue weighted by Crippen LogP contribution is -2.04. The maximum absolute atomic E-state index is 5.85. The second-order valence-corrected chi connectivity index (χ2v) is 7.28. The first kappa shape index (κ1) is 11.8. The third-order valence-electron chi connectivity index (χ3n) is 1.58. The van der Waals surface area contributed by atoms with E-state index >= 15 is 0 Å². The van der Waals surface area contributed by atoms with Crippen LogP contribution in [0.4, 0.5) is 5.69 Å². The maximum Gasteiger partial charge on any atom is 0.0355 e. The fraction of sp³-hybridized carbons (Fsp3) is 0.455. The van der Waals surface area contributed by atoms with Gasteiger partial charge in [0.05, 0.1) is 0 Å². The molecule has 0 radical (unpaired) electrons. The summed E-state index contributed by atoms with van der Waals surface area (Å²) in [4.78, 5) is 0. The van der Waals surface area contributed by atoms with Crippen molar-refractivity contribution in [2.45, 2.75) is 31.3 Å². The molecule has 0 amide bonds. The van der Waals surface area contributed by atoms with Gasteiger partial charge >= 0.3 is 0 Å². The predicted octanol–water partition coefficient (Wildman–Crippen LogP) is 3.95. The van der Waals surface area contributed by atoms with E-state index in [0.717, 1.165) is 11.4 Å². The molecule has 0 saturated heterocycles. The van der Waals surface area contributed by atoms with E-state index in [1.807, 2.05) is 39.8 Å². The maximum atomic E-state index is 5.85. The third kappa shape index (κ3) is 4.29. The Hall–Kier alpha value is -0.280. The van der Waals surface area contributed by atoms with E-state index in [1.165, 1.54) is 5.56 Å². The van der Waals surface area contributed by atoms with Crippen molar-refractivity contribution in [1.82, 2.24) is 0 Å². The average molecular weight is 227 g/mol. The molecule has 0 bridgehead atoms. The molecule has 14 heavy (non-hydrogen) atoms. The van der Waals surface area contributed by atoms with Crippen LogP contribution in [0.5, 0.6) is 0 Å². The number of nitrogen functional groups attached to an aromatic ring is 1. The average Bonchev–Trinajstić information content (AvgIpc) is 2.06. The summed E-state index contributed by atoms with van der Waals surface area (Å²) in [6, 6.07) is 8.05. The molecule has 1 aromatic carbocycles. The summed E-state index contributed by atoms with van der Waals surface area (Å²) in [6.07, 6.45) is 0. The Bertz CT molecular complexity index is 292. The zero-order valence-corrected chi connectivity index (χ0v) is 10.5. The topological polar surface area (TPSA) is 26.0 Å². The van der Waals surface area contributed by atoms with Crippen LogP contribution in [0, 0.1) is 0 Å². The molecule has 0 aromatic heterocycles. The van der Waals surface area contributed by atoms with Crippen LogP contribution in [-0.2, 0) is 5.75 Å². The molecule has 0 aliphatic heterocycles. The Balaban J connectivity index is 2.43. The number of hydrogen-bond donors (Lipinski definition) is 1. The molecule has 1 aromatic rings. The van der Waals surface area contributed by atoms with Crippen molar-refractivity contribution in [3.63, 3.8) is 0 Å². The molecule has 0 spiro atoms. The normalized spacial score (nSPS) is 11.6. The first-order valence-electron chi connectivity index (χ1n) is 4.63. The first-order chi connectivity index (χ1) is 6.49. The summed E-state index contributed by atoms with van der Waals surface area (Å²) < 4.78 is 0.314. The minimum absolute atomic E-state index is 0.314. The van der Waals surface area contributed by atoms with Crippen molar-refractivity contribution >= 4 is 27.3 Å². The summed E-state index contributed by atoms with van der Waals surface area (Å²) in [5, 5.41) is 0. The fourth-order valence-electron chi connectivity index (χ4n) is 0.935. The molecule has 0 aliphatic rings. The minimum Gasteiger partial charge on any atom is -0.398 e. The standard InChI is InChI=1S/C11H17NS2/c1-11(2,3)14-13-8-9-6-4-5-7-10(9)12/h4-7H,8,12H2,1-3H3. The number of nitrogens with two attached hydrogens (primary N) is 1. The molecule has 1 rings (SSSR count). The van der Waals surface area contributed by atoms with Gasteiger partial charge in [0.25, 0.3) is 0 Å². The van der Waals surface area contributed by atoms with E-state index in [0.29, 0.717) is 4.75 Å². The van der Waals surface area contributed by atoms with Gasteiger partial charge in [-0.15, -0.1) is 0 Å². The Labute approximate surface area is 94.2 Å². The van der Waals surface area contributed by atoms with Gasteiger partial charge in [0.15, 0.2) is 0 Å². The fourth-order valence-corrected chi connectivity index (χ4v) is 3.36. The molecule has 0 saturated carbocycles. The number of hydrogen-bond acceptors (Lipinski definition) is 3. The number of para-hydroxylation sites is 1. The molecule has 2 N–H and O–H groups in total. The van der Waals surface area contributed by atoms with E-state index in [2.05, 4.69) is 26.8 Å².